The van der Waals surface area contributed by atoms with Crippen LogP contribution in [-0.4, -0.2) is 35.4 Å². The van der Waals surface area contributed by atoms with Crippen LogP contribution < -0.4 is 5.32 Å². The first-order chi connectivity index (χ1) is 5.51. The smallest absolute Gasteiger partial charge is 0.299 e. The standard InChI is InChI=1S/C7H10N2O3/c1-5(10)9(6(2)11)4-3-8-7(9)12/h3-4H2,1-2H3/p+1. The molecule has 5 heteroatoms. The average Bonchev–Trinajstić information content (AvgIpc) is 2.31. The first kappa shape index (κ1) is 8.86. The van der Waals surface area contributed by atoms with Gasteiger partial charge >= 0.3 is 17.8 Å². The summed E-state index contributed by atoms with van der Waals surface area (Å²) in [5, 5.41) is 2.46. The van der Waals surface area contributed by atoms with Crippen molar-refractivity contribution in [3.8, 4) is 0 Å². The highest BCUT2D eigenvalue weighted by Crippen LogP contribution is 2.13. The van der Waals surface area contributed by atoms with Gasteiger partial charge in [0, 0.05) is 0 Å². The van der Waals surface area contributed by atoms with Crippen molar-refractivity contribution in [3.05, 3.63) is 0 Å². The molecule has 66 valence electrons. The third kappa shape index (κ3) is 0.937. The van der Waals surface area contributed by atoms with Crippen molar-refractivity contribution < 1.29 is 18.9 Å². The van der Waals surface area contributed by atoms with Gasteiger partial charge in [0.1, 0.15) is 6.54 Å². The molecule has 1 saturated heterocycles. The topological polar surface area (TPSA) is 63.2 Å². The van der Waals surface area contributed by atoms with E-state index in [1.54, 1.807) is 0 Å². The van der Waals surface area contributed by atoms with Crippen LogP contribution in [0.15, 0.2) is 0 Å². The van der Waals surface area contributed by atoms with E-state index in [4.69, 9.17) is 0 Å². The fourth-order valence-corrected chi connectivity index (χ4v) is 1.39. The highest BCUT2D eigenvalue weighted by atomic mass is 16.2. The molecule has 0 radical (unpaired) electrons. The van der Waals surface area contributed by atoms with Crippen LogP contribution in [0.2, 0.25) is 0 Å². The van der Waals surface area contributed by atoms with Gasteiger partial charge in [-0.15, -0.1) is 4.48 Å². The highest BCUT2D eigenvalue weighted by molar-refractivity contribution is 5.96. The maximum absolute atomic E-state index is 11.2. The number of rotatable bonds is 0. The number of nitrogens with zero attached hydrogens (tertiary/aromatic N) is 1. The summed E-state index contributed by atoms with van der Waals surface area (Å²) in [6.07, 6.45) is 0. The minimum Gasteiger partial charge on any atom is -0.299 e. The summed E-state index contributed by atoms with van der Waals surface area (Å²) in [4.78, 5) is 33.4. The molecule has 1 fully saturated rings. The van der Waals surface area contributed by atoms with Crippen molar-refractivity contribution in [2.24, 2.45) is 0 Å². The minimum absolute atomic E-state index is 0.240. The summed E-state index contributed by atoms with van der Waals surface area (Å²) < 4.78 is -0.681. The zero-order valence-corrected chi connectivity index (χ0v) is 7.09. The maximum Gasteiger partial charge on any atom is 0.431 e. The van der Waals surface area contributed by atoms with Gasteiger partial charge in [-0.3, -0.25) is 5.32 Å². The van der Waals surface area contributed by atoms with Crippen molar-refractivity contribution in [3.63, 3.8) is 0 Å². The molecule has 1 rings (SSSR count). The van der Waals surface area contributed by atoms with Gasteiger partial charge in [0.05, 0.1) is 20.4 Å². The molecule has 0 aromatic carbocycles. The number of hydrogen-bond donors (Lipinski definition) is 1. The zero-order valence-electron chi connectivity index (χ0n) is 7.09. The van der Waals surface area contributed by atoms with Crippen LogP contribution in [-0.2, 0) is 9.59 Å². The van der Waals surface area contributed by atoms with E-state index < -0.39 is 22.3 Å². The van der Waals surface area contributed by atoms with Gasteiger partial charge in [0.15, 0.2) is 0 Å². The van der Waals surface area contributed by atoms with E-state index in [1.165, 1.54) is 13.8 Å². The molecule has 0 aliphatic carbocycles. The normalized spacial score (nSPS) is 20.3. The first-order valence-electron chi connectivity index (χ1n) is 3.70. The second-order valence-electron chi connectivity index (χ2n) is 2.80. The number of carbonyl (C=O) groups excluding carboxylic acids is 3. The molecule has 5 nitrogen and oxygen atoms in total. The lowest BCUT2D eigenvalue weighted by atomic mass is 10.4. The number of imide groups is 3. The molecule has 1 N–H and O–H groups in total. The summed E-state index contributed by atoms with van der Waals surface area (Å²) in [5.41, 5.74) is 0. The quantitative estimate of drug-likeness (QED) is 0.505. The van der Waals surface area contributed by atoms with Gasteiger partial charge in [-0.05, 0) is 0 Å². The Morgan fingerprint density at radius 3 is 2.00 bits per heavy atom. The van der Waals surface area contributed by atoms with Crippen molar-refractivity contribution in [1.29, 1.82) is 0 Å². The molecule has 1 aliphatic rings. The molecule has 0 bridgehead atoms. The Bertz CT molecular complexity index is 245. The van der Waals surface area contributed by atoms with Crippen LogP contribution in [0.5, 0.6) is 0 Å². The minimum atomic E-state index is -0.681. The van der Waals surface area contributed by atoms with Crippen molar-refractivity contribution in [2.75, 3.05) is 13.1 Å². The van der Waals surface area contributed by atoms with Crippen LogP contribution >= 0.6 is 0 Å². The Morgan fingerprint density at radius 1 is 1.33 bits per heavy atom. The van der Waals surface area contributed by atoms with Crippen LogP contribution in [0.3, 0.4) is 0 Å². The molecule has 0 saturated carbocycles. The lowest BCUT2D eigenvalue weighted by molar-refractivity contribution is -0.682. The van der Waals surface area contributed by atoms with Gasteiger partial charge < -0.3 is 0 Å². The number of hydrogen-bond acceptors (Lipinski definition) is 3. The van der Waals surface area contributed by atoms with Crippen LogP contribution in [0.4, 0.5) is 4.79 Å². The Hall–Kier alpha value is -1.23. The average molecular weight is 171 g/mol. The van der Waals surface area contributed by atoms with Crippen molar-refractivity contribution >= 4 is 17.8 Å². The molecule has 4 amide bonds. The number of quaternary nitrogens is 1. The maximum atomic E-state index is 11.2. The van der Waals surface area contributed by atoms with Gasteiger partial charge in [-0.1, -0.05) is 0 Å². The number of nitrogens with one attached hydrogen (secondary N) is 1. The van der Waals surface area contributed by atoms with E-state index in [0.717, 1.165) is 0 Å². The second-order valence-corrected chi connectivity index (χ2v) is 2.80. The summed E-state index contributed by atoms with van der Waals surface area (Å²) in [6, 6.07) is -0.505. The molecular formula is C7H11N2O3+. The fourth-order valence-electron chi connectivity index (χ4n) is 1.39. The zero-order chi connectivity index (χ0) is 9.35. The van der Waals surface area contributed by atoms with E-state index in [0.29, 0.717) is 6.54 Å². The summed E-state index contributed by atoms with van der Waals surface area (Å²) in [6.45, 7) is 3.14. The summed E-state index contributed by atoms with van der Waals surface area (Å²) in [7, 11) is 0. The van der Waals surface area contributed by atoms with E-state index in [-0.39, 0.29) is 6.54 Å². The van der Waals surface area contributed by atoms with Gasteiger partial charge in [0.2, 0.25) is 0 Å². The number of amides is 4. The molecule has 0 unspecified atom stereocenters. The largest absolute Gasteiger partial charge is 0.431 e. The molecule has 0 aromatic heterocycles. The lowest BCUT2D eigenvalue weighted by Crippen LogP contribution is -2.57. The van der Waals surface area contributed by atoms with Gasteiger partial charge in [-0.25, -0.2) is 14.4 Å². The third-order valence-corrected chi connectivity index (χ3v) is 2.15. The SMILES string of the molecule is CC(=O)[N+]1(C(C)=O)CCNC1=O. The Morgan fingerprint density at radius 2 is 1.83 bits per heavy atom. The van der Waals surface area contributed by atoms with E-state index in [9.17, 15) is 14.4 Å². The first-order valence-corrected chi connectivity index (χ1v) is 3.70. The molecule has 0 spiro atoms. The Labute approximate surface area is 69.9 Å². The van der Waals surface area contributed by atoms with Crippen LogP contribution in [0.25, 0.3) is 0 Å². The number of carbonyl (C=O) groups is 3. The van der Waals surface area contributed by atoms with E-state index in [2.05, 4.69) is 5.32 Å². The third-order valence-electron chi connectivity index (χ3n) is 2.15. The van der Waals surface area contributed by atoms with Crippen LogP contribution in [0, 0.1) is 0 Å². The molecule has 1 aliphatic heterocycles. The Balaban J connectivity index is 3.10. The summed E-state index contributed by atoms with van der Waals surface area (Å²) >= 11 is 0. The molecule has 0 atom stereocenters. The second kappa shape index (κ2) is 2.67. The molecule has 1 heterocycles. The lowest BCUT2D eigenvalue weighted by Gasteiger charge is -2.20. The highest BCUT2D eigenvalue weighted by Gasteiger charge is 2.51. The monoisotopic (exact) mass is 171 g/mol. The van der Waals surface area contributed by atoms with E-state index >= 15 is 0 Å². The molecular weight excluding hydrogens is 160 g/mol. The van der Waals surface area contributed by atoms with Gasteiger partial charge in [-0.2, -0.15) is 0 Å². The predicted molar refractivity (Wildman–Crippen MR) is 39.9 cm³/mol. The number of urea groups is 1. The van der Waals surface area contributed by atoms with Crippen molar-refractivity contribution in [2.45, 2.75) is 13.8 Å². The van der Waals surface area contributed by atoms with Gasteiger partial charge in [0.25, 0.3) is 0 Å². The fraction of sp³-hybridized carbons (Fsp3) is 0.571. The summed E-state index contributed by atoms with van der Waals surface area (Å²) in [5.74, 6) is -0.838. The Kier molecular flexibility index (Phi) is 1.97. The molecule has 12 heavy (non-hydrogen) atoms. The van der Waals surface area contributed by atoms with Crippen LogP contribution in [0.1, 0.15) is 13.8 Å². The molecule has 0 aromatic rings. The van der Waals surface area contributed by atoms with Crippen molar-refractivity contribution in [1.82, 2.24) is 5.32 Å². The predicted octanol–water partition coefficient (Wildman–Crippen LogP) is -0.381. The van der Waals surface area contributed by atoms with E-state index in [1.807, 2.05) is 0 Å².